The van der Waals surface area contributed by atoms with E-state index in [1.54, 1.807) is 0 Å². The van der Waals surface area contributed by atoms with Gasteiger partial charge in [-0.25, -0.2) is 9.97 Å². The Morgan fingerprint density at radius 3 is 2.45 bits per heavy atom. The second-order valence-electron chi connectivity index (χ2n) is 4.77. The quantitative estimate of drug-likeness (QED) is 0.576. The Hall–Kier alpha value is -1.64. The van der Waals surface area contributed by atoms with Gasteiger partial charge in [0.15, 0.2) is 5.82 Å². The molecule has 0 aliphatic heterocycles. The smallest absolute Gasteiger partial charge is 0.161 e. The van der Waals surface area contributed by atoms with Gasteiger partial charge < -0.3 is 0 Å². The zero-order chi connectivity index (χ0) is 14.3. The largest absolute Gasteiger partial charge is 0.228 e. The maximum atomic E-state index is 6.29. The van der Waals surface area contributed by atoms with Gasteiger partial charge in [-0.05, 0) is 49.2 Å². The van der Waals surface area contributed by atoms with Crippen molar-refractivity contribution < 1.29 is 0 Å². The summed E-state index contributed by atoms with van der Waals surface area (Å²) < 4.78 is 0. The Kier molecular flexibility index (Phi) is 3.36. The predicted octanol–water partition coefficient (Wildman–Crippen LogP) is 5.22. The van der Waals surface area contributed by atoms with Crippen LogP contribution in [-0.4, -0.2) is 9.97 Å². The van der Waals surface area contributed by atoms with Gasteiger partial charge in [0.2, 0.25) is 0 Å². The average Bonchev–Trinajstić information content (AvgIpc) is 2.40. The maximum absolute atomic E-state index is 6.29. The van der Waals surface area contributed by atoms with E-state index in [-0.39, 0.29) is 0 Å². The summed E-state index contributed by atoms with van der Waals surface area (Å²) in [5, 5.41) is 2.05. The van der Waals surface area contributed by atoms with E-state index in [1.165, 1.54) is 0 Å². The highest BCUT2D eigenvalue weighted by Crippen LogP contribution is 2.29. The molecule has 0 N–H and O–H groups in total. The van der Waals surface area contributed by atoms with Crippen molar-refractivity contribution in [2.75, 3.05) is 0 Å². The summed E-state index contributed by atoms with van der Waals surface area (Å²) in [6.45, 7) is 4.00. The average molecular weight is 303 g/mol. The molecule has 3 aromatic rings. The molecule has 3 rings (SSSR count). The van der Waals surface area contributed by atoms with Crippen LogP contribution in [0.3, 0.4) is 0 Å². The molecule has 0 amide bonds. The molecule has 0 unspecified atom stereocenters. The normalized spacial score (nSPS) is 11.0. The molecule has 0 spiro atoms. The fraction of sp³-hybridized carbons (Fsp3) is 0.125. The van der Waals surface area contributed by atoms with Crippen molar-refractivity contribution in [3.63, 3.8) is 0 Å². The van der Waals surface area contributed by atoms with Crippen molar-refractivity contribution >= 4 is 34.1 Å². The lowest BCUT2D eigenvalue weighted by atomic mass is 10.1. The predicted molar refractivity (Wildman–Crippen MR) is 84.5 cm³/mol. The van der Waals surface area contributed by atoms with E-state index < -0.39 is 0 Å². The lowest BCUT2D eigenvalue weighted by Crippen LogP contribution is -1.95. The van der Waals surface area contributed by atoms with Gasteiger partial charge in [-0.1, -0.05) is 35.3 Å². The summed E-state index contributed by atoms with van der Waals surface area (Å²) >= 11 is 12.3. The third-order valence-electron chi connectivity index (χ3n) is 3.31. The number of hydrogen-bond donors (Lipinski definition) is 0. The molecule has 0 bridgehead atoms. The number of fused-ring (bicyclic) bond motifs is 1. The van der Waals surface area contributed by atoms with Crippen LogP contribution in [0.15, 0.2) is 36.4 Å². The molecule has 4 heteroatoms. The standard InChI is InChI=1S/C16H12Cl2N2/c1-9-4-3-5-13-14(9)19-16(20-15(13)18)12-7-6-11(17)8-10(12)2/h3-8H,1-2H3. The number of aromatic nitrogens is 2. The molecule has 0 aliphatic rings. The van der Waals surface area contributed by atoms with Gasteiger partial charge in [0.25, 0.3) is 0 Å². The van der Waals surface area contributed by atoms with Crippen molar-refractivity contribution in [3.05, 3.63) is 57.7 Å². The van der Waals surface area contributed by atoms with Crippen molar-refractivity contribution in [3.8, 4) is 11.4 Å². The van der Waals surface area contributed by atoms with Gasteiger partial charge in [0.1, 0.15) is 5.15 Å². The summed E-state index contributed by atoms with van der Waals surface area (Å²) in [4.78, 5) is 9.07. The molecule has 100 valence electrons. The minimum absolute atomic E-state index is 0.475. The number of para-hydroxylation sites is 1. The van der Waals surface area contributed by atoms with Gasteiger partial charge >= 0.3 is 0 Å². The van der Waals surface area contributed by atoms with E-state index in [2.05, 4.69) is 9.97 Å². The number of hydrogen-bond acceptors (Lipinski definition) is 2. The van der Waals surface area contributed by atoms with E-state index in [9.17, 15) is 0 Å². The molecule has 1 heterocycles. The fourth-order valence-electron chi connectivity index (χ4n) is 2.26. The molecule has 2 aromatic carbocycles. The van der Waals surface area contributed by atoms with Crippen LogP contribution in [-0.2, 0) is 0 Å². The minimum Gasteiger partial charge on any atom is -0.228 e. The number of aryl methyl sites for hydroxylation is 2. The third-order valence-corrected chi connectivity index (χ3v) is 3.83. The first-order valence-corrected chi connectivity index (χ1v) is 7.01. The lowest BCUT2D eigenvalue weighted by molar-refractivity contribution is 1.20. The highest BCUT2D eigenvalue weighted by atomic mass is 35.5. The van der Waals surface area contributed by atoms with Crippen LogP contribution < -0.4 is 0 Å². The molecule has 0 radical (unpaired) electrons. The van der Waals surface area contributed by atoms with Crippen LogP contribution in [0.25, 0.3) is 22.3 Å². The Morgan fingerprint density at radius 1 is 0.900 bits per heavy atom. The van der Waals surface area contributed by atoms with Crippen molar-refractivity contribution in [1.82, 2.24) is 9.97 Å². The van der Waals surface area contributed by atoms with Gasteiger partial charge in [-0.3, -0.25) is 0 Å². The van der Waals surface area contributed by atoms with Crippen LogP contribution in [0.4, 0.5) is 0 Å². The summed E-state index contributed by atoms with van der Waals surface area (Å²) in [6, 6.07) is 11.6. The van der Waals surface area contributed by atoms with Gasteiger partial charge in [-0.2, -0.15) is 0 Å². The SMILES string of the molecule is Cc1cc(Cl)ccc1-c1nc(Cl)c2cccc(C)c2n1. The molecule has 0 saturated heterocycles. The van der Waals surface area contributed by atoms with Crippen molar-refractivity contribution in [2.24, 2.45) is 0 Å². The molecule has 0 fully saturated rings. The first kappa shape index (κ1) is 13.3. The van der Waals surface area contributed by atoms with Crippen LogP contribution in [0.1, 0.15) is 11.1 Å². The highest BCUT2D eigenvalue weighted by molar-refractivity contribution is 6.34. The zero-order valence-corrected chi connectivity index (χ0v) is 12.6. The zero-order valence-electron chi connectivity index (χ0n) is 11.1. The van der Waals surface area contributed by atoms with Crippen LogP contribution in [0.5, 0.6) is 0 Å². The van der Waals surface area contributed by atoms with Crippen LogP contribution >= 0.6 is 23.2 Å². The number of halogens is 2. The second kappa shape index (κ2) is 5.04. The molecular formula is C16H12Cl2N2. The Labute approximate surface area is 127 Å². The number of rotatable bonds is 1. The van der Waals surface area contributed by atoms with Crippen LogP contribution in [0.2, 0.25) is 10.2 Å². The fourth-order valence-corrected chi connectivity index (χ4v) is 2.72. The molecule has 0 saturated carbocycles. The van der Waals surface area contributed by atoms with Crippen molar-refractivity contribution in [2.45, 2.75) is 13.8 Å². The third kappa shape index (κ3) is 2.26. The van der Waals surface area contributed by atoms with Crippen LogP contribution in [0, 0.1) is 13.8 Å². The topological polar surface area (TPSA) is 25.8 Å². The Bertz CT molecular complexity index is 813. The molecule has 1 aromatic heterocycles. The van der Waals surface area contributed by atoms with Gasteiger partial charge in [0.05, 0.1) is 5.52 Å². The number of nitrogens with zero attached hydrogens (tertiary/aromatic N) is 2. The number of benzene rings is 2. The monoisotopic (exact) mass is 302 g/mol. The van der Waals surface area contributed by atoms with E-state index >= 15 is 0 Å². The Morgan fingerprint density at radius 2 is 1.70 bits per heavy atom. The van der Waals surface area contributed by atoms with E-state index in [1.807, 2.05) is 50.2 Å². The molecular weight excluding hydrogens is 291 g/mol. The second-order valence-corrected chi connectivity index (χ2v) is 5.56. The maximum Gasteiger partial charge on any atom is 0.161 e. The Balaban J connectivity index is 2.29. The summed E-state index contributed by atoms with van der Waals surface area (Å²) in [5.41, 5.74) is 3.94. The van der Waals surface area contributed by atoms with Gasteiger partial charge in [0, 0.05) is 16.0 Å². The van der Waals surface area contributed by atoms with Gasteiger partial charge in [-0.15, -0.1) is 0 Å². The van der Waals surface area contributed by atoms with E-state index in [0.29, 0.717) is 16.0 Å². The van der Waals surface area contributed by atoms with E-state index in [4.69, 9.17) is 23.2 Å². The molecule has 20 heavy (non-hydrogen) atoms. The summed E-state index contributed by atoms with van der Waals surface area (Å²) in [7, 11) is 0. The van der Waals surface area contributed by atoms with E-state index in [0.717, 1.165) is 27.6 Å². The first-order valence-electron chi connectivity index (χ1n) is 6.25. The summed E-state index contributed by atoms with van der Waals surface area (Å²) in [6.07, 6.45) is 0. The summed E-state index contributed by atoms with van der Waals surface area (Å²) in [5.74, 6) is 0.631. The molecule has 0 aliphatic carbocycles. The minimum atomic E-state index is 0.475. The molecule has 0 atom stereocenters. The first-order chi connectivity index (χ1) is 9.56. The van der Waals surface area contributed by atoms with Crippen molar-refractivity contribution in [1.29, 1.82) is 0 Å². The lowest BCUT2D eigenvalue weighted by Gasteiger charge is -2.09. The molecule has 2 nitrogen and oxygen atoms in total. The highest BCUT2D eigenvalue weighted by Gasteiger charge is 2.11.